The molecule has 1 N–H and O–H groups in total. The van der Waals surface area contributed by atoms with E-state index in [9.17, 15) is 13.2 Å². The zero-order chi connectivity index (χ0) is 32.9. The number of nitrogens with zero attached hydrogens (tertiary/aromatic N) is 4. The number of amides is 2. The van der Waals surface area contributed by atoms with E-state index in [0.29, 0.717) is 41.1 Å². The van der Waals surface area contributed by atoms with Gasteiger partial charge in [-0.3, -0.25) is 0 Å². The zero-order valence-electron chi connectivity index (χ0n) is 27.6. The molecule has 48 heavy (non-hydrogen) atoms. The molecule has 1 aromatic heterocycles. The summed E-state index contributed by atoms with van der Waals surface area (Å²) in [6.07, 6.45) is 9.59. The molecule has 9 rings (SSSR count). The Morgan fingerprint density at radius 2 is 1.81 bits per heavy atom. The first kappa shape index (κ1) is 31.3. The number of aromatic nitrogens is 1. The summed E-state index contributed by atoms with van der Waals surface area (Å²) in [5.41, 5.74) is 5.48. The van der Waals surface area contributed by atoms with Crippen molar-refractivity contribution in [3.63, 3.8) is 0 Å². The summed E-state index contributed by atoms with van der Waals surface area (Å²) in [5.74, 6) is 0.946. The molecule has 10 nitrogen and oxygen atoms in total. The maximum absolute atomic E-state index is 15.0. The molecule has 12 heteroatoms. The van der Waals surface area contributed by atoms with Crippen LogP contribution in [0, 0.1) is 5.41 Å². The average Bonchev–Trinajstić information content (AvgIpc) is 3.63. The van der Waals surface area contributed by atoms with Crippen LogP contribution in [0.1, 0.15) is 91.1 Å². The van der Waals surface area contributed by atoms with Crippen LogP contribution in [0.5, 0.6) is 5.75 Å². The van der Waals surface area contributed by atoms with E-state index in [-0.39, 0.29) is 33.4 Å². The van der Waals surface area contributed by atoms with Crippen LogP contribution in [0.3, 0.4) is 0 Å². The predicted octanol–water partition coefficient (Wildman–Crippen LogP) is 1.80. The molecular weight excluding hydrogens is 741 g/mol. The van der Waals surface area contributed by atoms with Gasteiger partial charge in [-0.15, -0.1) is 0 Å². The summed E-state index contributed by atoms with van der Waals surface area (Å²) < 4.78 is 40.3. The Morgan fingerprint density at radius 3 is 2.54 bits per heavy atom. The number of hydrogen-bond donors (Lipinski definition) is 1. The number of fused-ring (bicyclic) bond motifs is 9. The van der Waals surface area contributed by atoms with Crippen molar-refractivity contribution < 1.29 is 44.2 Å². The first-order chi connectivity index (χ1) is 23.2. The minimum atomic E-state index is -3.89. The van der Waals surface area contributed by atoms with Crippen LogP contribution in [0.25, 0.3) is 22.2 Å². The number of rotatable bonds is 6. The molecule has 3 aromatic rings. The van der Waals surface area contributed by atoms with Gasteiger partial charge >= 0.3 is 262 Å². The van der Waals surface area contributed by atoms with Gasteiger partial charge in [-0.1, -0.05) is 0 Å². The Morgan fingerprint density at radius 1 is 1.00 bits per heavy atom. The number of ether oxygens (including phenoxy) is 1. The van der Waals surface area contributed by atoms with E-state index in [2.05, 4.69) is 36.5 Å². The molecule has 6 aliphatic rings. The van der Waals surface area contributed by atoms with Gasteiger partial charge in [-0.25, -0.2) is 0 Å². The second-order valence-electron chi connectivity index (χ2n) is 14.7. The van der Waals surface area contributed by atoms with Crippen molar-refractivity contribution in [3.8, 4) is 17.0 Å². The van der Waals surface area contributed by atoms with E-state index in [4.69, 9.17) is 4.74 Å². The number of carbonyl (C=O) groups excluding carboxylic acids is 2. The molecule has 4 atom stereocenters. The van der Waals surface area contributed by atoms with Crippen LogP contribution in [-0.4, -0.2) is 81.0 Å². The molecule has 2 aromatic carbocycles. The fourth-order valence-corrected chi connectivity index (χ4v) is 14.0. The molecule has 4 aliphatic heterocycles. The topological polar surface area (TPSA) is 104 Å². The van der Waals surface area contributed by atoms with Gasteiger partial charge in [0.15, 0.2) is 0 Å². The third kappa shape index (κ3) is 4.79. The van der Waals surface area contributed by atoms with Crippen LogP contribution in [-0.2, 0) is 21.5 Å². The average molecular weight is 785 g/mol. The number of alkyl halides is 1. The number of hydrogen-bond acceptors (Lipinski definition) is 6. The monoisotopic (exact) mass is 784 g/mol. The van der Waals surface area contributed by atoms with Crippen LogP contribution < -0.4 is 30.9 Å². The molecule has 2 bridgehead atoms. The Labute approximate surface area is 292 Å². The molecule has 0 spiro atoms. The fraction of sp³-hybridized carbons (Fsp3) is 0.556. The van der Waals surface area contributed by atoms with Crippen molar-refractivity contribution in [1.82, 2.24) is 21.6 Å². The summed E-state index contributed by atoms with van der Waals surface area (Å²) >= 11 is -0.240. The molecule has 5 fully saturated rings. The number of likely N-dealkylation sites (N-methyl/N-ethyl adjacent to an activating group) is 1. The Hall–Kier alpha value is -2.68. The first-order valence-corrected chi connectivity index (χ1v) is 21.2. The number of carbonyl (C=O) groups is 2. The third-order valence-electron chi connectivity index (χ3n) is 12.0. The summed E-state index contributed by atoms with van der Waals surface area (Å²) in [6, 6.07) is 12.3. The Balaban J connectivity index is 1.21. The summed E-state index contributed by atoms with van der Waals surface area (Å²) in [5, 5.41) is 1.10. The van der Waals surface area contributed by atoms with Gasteiger partial charge in [0.2, 0.25) is 0 Å². The zero-order valence-corrected chi connectivity index (χ0v) is 30.6. The van der Waals surface area contributed by atoms with Gasteiger partial charge in [0.1, 0.15) is 0 Å². The van der Waals surface area contributed by atoms with Crippen molar-refractivity contribution in [2.75, 3.05) is 33.8 Å². The predicted molar refractivity (Wildman–Crippen MR) is 178 cm³/mol. The number of nitrogens with one attached hydrogen (secondary N) is 1. The second-order valence-corrected chi connectivity index (χ2v) is 20.0. The van der Waals surface area contributed by atoms with Crippen LogP contribution in [0.4, 0.5) is 0 Å². The molecule has 2 aliphatic carbocycles. The van der Waals surface area contributed by atoms with Crippen LogP contribution >= 0.6 is 0 Å². The molecule has 3 saturated heterocycles. The molecule has 5 heterocycles. The molecule has 2 amide bonds. The van der Waals surface area contributed by atoms with Crippen LogP contribution in [0.2, 0.25) is 0 Å². The van der Waals surface area contributed by atoms with Crippen molar-refractivity contribution >= 4 is 32.9 Å². The van der Waals surface area contributed by atoms with E-state index >= 15 is 4.79 Å². The van der Waals surface area contributed by atoms with Crippen molar-refractivity contribution in [1.29, 1.82) is 0 Å². The van der Waals surface area contributed by atoms with Gasteiger partial charge in [-0.05, 0) is 6.42 Å². The summed E-state index contributed by atoms with van der Waals surface area (Å²) in [4.78, 5) is 30.8. The molecular formula is C36H43IN5O5S-. The second kappa shape index (κ2) is 11.4. The normalized spacial score (nSPS) is 28.8. The first-order valence-electron chi connectivity index (χ1n) is 17.5. The fourth-order valence-electron chi connectivity index (χ4n) is 9.37. The Kier molecular flexibility index (Phi) is 7.45. The molecule has 2 saturated carbocycles. The minimum absolute atomic E-state index is 0.0923. The van der Waals surface area contributed by atoms with E-state index in [1.165, 1.54) is 34.7 Å². The quantitative estimate of drug-likeness (QED) is 0.177. The summed E-state index contributed by atoms with van der Waals surface area (Å²) in [7, 11) is 0.0257. The Bertz CT molecular complexity index is 1940. The van der Waals surface area contributed by atoms with E-state index in [1.54, 1.807) is 13.2 Å². The number of methoxy groups -OCH3 is 1. The van der Waals surface area contributed by atoms with Crippen LogP contribution in [0.15, 0.2) is 36.4 Å². The van der Waals surface area contributed by atoms with Gasteiger partial charge in [0.05, 0.1) is 0 Å². The van der Waals surface area contributed by atoms with Gasteiger partial charge in [0.25, 0.3) is 0 Å². The van der Waals surface area contributed by atoms with Gasteiger partial charge in [0, 0.05) is 13.1 Å². The molecule has 256 valence electrons. The van der Waals surface area contributed by atoms with Gasteiger partial charge < -0.3 is 0 Å². The van der Waals surface area contributed by atoms with Crippen molar-refractivity contribution in [2.45, 2.75) is 86.3 Å². The molecule has 4 unspecified atom stereocenters. The van der Waals surface area contributed by atoms with E-state index in [1.807, 2.05) is 18.2 Å². The van der Waals surface area contributed by atoms with Crippen molar-refractivity contribution in [3.05, 3.63) is 53.1 Å². The van der Waals surface area contributed by atoms with E-state index in [0.717, 1.165) is 73.0 Å². The number of benzene rings is 2. The molecule has 0 radical (unpaired) electrons. The maximum atomic E-state index is 15.0. The van der Waals surface area contributed by atoms with E-state index < -0.39 is 21.5 Å². The number of halogens is 1. The third-order valence-corrected chi connectivity index (χ3v) is 16.7. The summed E-state index contributed by atoms with van der Waals surface area (Å²) in [6.45, 7) is 2.37. The standard InChI is InChI=1S/C36H43IN5O5S/c1-39-20-24-10-14-31(37-39)42(24)35(44)36-19-29(36)28-18-25(47-2)11-13-26(28)33-32(22-7-4-3-5-8-22)27-12-9-23(17-30(27)41(33)21-36)34(43)38-48(45,46)40-15-6-16-40/h9,11-13,17-18,22,24,29,31H,3-8,10,14-16,19-21H2,1-2H3,(H,38,43)/q-1. The van der Waals surface area contributed by atoms with Crippen molar-refractivity contribution in [2.24, 2.45) is 5.41 Å². The van der Waals surface area contributed by atoms with Gasteiger partial charge in [-0.2, -0.15) is 12.7 Å². The SMILES string of the molecule is COc1ccc2c(c1)C1CC1(C(=O)N1C3CCC1[I-]N(C)C3)Cn1c-2c(C2CCCCC2)c2ccc(C(=O)NS(=O)(=O)N3CCC3)cc21.